The molecule has 0 radical (unpaired) electrons. The monoisotopic (exact) mass is 263 g/mol. The van der Waals surface area contributed by atoms with E-state index in [0.29, 0.717) is 5.92 Å². The molecule has 0 unspecified atom stereocenters. The van der Waals surface area contributed by atoms with Crippen LogP contribution in [0.15, 0.2) is 40.6 Å². The summed E-state index contributed by atoms with van der Waals surface area (Å²) in [6, 6.07) is 0. The second kappa shape index (κ2) is 13.3. The van der Waals surface area contributed by atoms with E-state index in [1.54, 1.807) is 0 Å². The lowest BCUT2D eigenvalue weighted by Crippen LogP contribution is -2.01. The van der Waals surface area contributed by atoms with Crippen LogP contribution in [-0.4, -0.2) is 5.71 Å². The summed E-state index contributed by atoms with van der Waals surface area (Å²) in [5.74, 6) is 0.511. The summed E-state index contributed by atoms with van der Waals surface area (Å²) in [5.41, 5.74) is 3.51. The average molecular weight is 263 g/mol. The molecule has 19 heavy (non-hydrogen) atoms. The predicted octanol–water partition coefficient (Wildman–Crippen LogP) is 6.34. The largest absolute Gasteiger partial charge is 0.262 e. The summed E-state index contributed by atoms with van der Waals surface area (Å²) in [6.45, 7) is 16.8. The van der Waals surface area contributed by atoms with E-state index < -0.39 is 0 Å². The minimum Gasteiger partial charge on any atom is -0.262 e. The first kappa shape index (κ1) is 20.2. The van der Waals surface area contributed by atoms with Crippen LogP contribution in [0.2, 0.25) is 0 Å². The van der Waals surface area contributed by atoms with Gasteiger partial charge in [-0.25, -0.2) is 0 Å². The van der Waals surface area contributed by atoms with Gasteiger partial charge in [0.1, 0.15) is 0 Å². The molecule has 0 bridgehead atoms. The summed E-state index contributed by atoms with van der Waals surface area (Å²) in [5, 5.41) is 0. The number of hydrogen-bond donors (Lipinski definition) is 0. The van der Waals surface area contributed by atoms with Crippen molar-refractivity contribution in [1.29, 1.82) is 0 Å². The third kappa shape index (κ3) is 10.5. The van der Waals surface area contributed by atoms with Crippen LogP contribution in [0.3, 0.4) is 0 Å². The number of aliphatic imine (C=N–C) groups is 1. The van der Waals surface area contributed by atoms with Gasteiger partial charge in [-0.3, -0.25) is 4.99 Å². The molecule has 0 aliphatic heterocycles. The highest BCUT2D eigenvalue weighted by Crippen LogP contribution is 2.12. The molecule has 0 aliphatic rings. The Labute approximate surface area is 121 Å². The molecule has 0 aromatic rings. The van der Waals surface area contributed by atoms with Gasteiger partial charge < -0.3 is 0 Å². The molecule has 0 aromatic heterocycles. The summed E-state index contributed by atoms with van der Waals surface area (Å²) in [7, 11) is 0. The second-order valence-electron chi connectivity index (χ2n) is 4.57. The highest BCUT2D eigenvalue weighted by molar-refractivity contribution is 5.84. The first-order valence-corrected chi connectivity index (χ1v) is 7.62. The van der Waals surface area contributed by atoms with E-state index in [0.717, 1.165) is 18.5 Å². The fraction of sp³-hybridized carbons (Fsp3) is 0.611. The molecule has 0 aliphatic carbocycles. The molecule has 0 amide bonds. The van der Waals surface area contributed by atoms with Crippen molar-refractivity contribution in [3.05, 3.63) is 35.6 Å². The van der Waals surface area contributed by atoms with Crippen LogP contribution < -0.4 is 0 Å². The zero-order chi connectivity index (χ0) is 15.3. The molecular formula is C18H33N. The summed E-state index contributed by atoms with van der Waals surface area (Å²) >= 11 is 0. The van der Waals surface area contributed by atoms with Crippen molar-refractivity contribution in [2.24, 2.45) is 10.9 Å². The molecule has 0 heterocycles. The minimum absolute atomic E-state index is 0.511. The third-order valence-corrected chi connectivity index (χ3v) is 2.66. The van der Waals surface area contributed by atoms with E-state index in [4.69, 9.17) is 0 Å². The zero-order valence-corrected chi connectivity index (χ0v) is 14.2. The van der Waals surface area contributed by atoms with Gasteiger partial charge >= 0.3 is 0 Å². The van der Waals surface area contributed by atoms with Gasteiger partial charge in [0.15, 0.2) is 0 Å². The van der Waals surface area contributed by atoms with Crippen molar-refractivity contribution >= 4 is 5.71 Å². The van der Waals surface area contributed by atoms with Crippen molar-refractivity contribution in [2.45, 2.75) is 68.2 Å². The lowest BCUT2D eigenvalue weighted by atomic mass is 10.1. The molecule has 0 N–H and O–H groups in total. The molecule has 0 saturated carbocycles. The summed E-state index contributed by atoms with van der Waals surface area (Å²) < 4.78 is 0. The Morgan fingerprint density at radius 3 is 1.68 bits per heavy atom. The van der Waals surface area contributed by atoms with Gasteiger partial charge in [0.05, 0.1) is 0 Å². The highest BCUT2D eigenvalue weighted by atomic mass is 14.8. The fourth-order valence-corrected chi connectivity index (χ4v) is 1.24. The van der Waals surface area contributed by atoms with E-state index >= 15 is 0 Å². The molecule has 0 aromatic carbocycles. The Bertz CT molecular complexity index is 312. The first-order valence-electron chi connectivity index (χ1n) is 7.62. The molecule has 0 atom stereocenters. The molecule has 0 saturated heterocycles. The van der Waals surface area contributed by atoms with Gasteiger partial charge in [-0.1, -0.05) is 65.8 Å². The van der Waals surface area contributed by atoms with Crippen molar-refractivity contribution in [1.82, 2.24) is 0 Å². The minimum atomic E-state index is 0.511. The molecule has 0 rings (SSSR count). The van der Waals surface area contributed by atoms with Crippen molar-refractivity contribution < 1.29 is 0 Å². The van der Waals surface area contributed by atoms with Gasteiger partial charge in [0.2, 0.25) is 0 Å². The van der Waals surface area contributed by atoms with E-state index in [1.165, 1.54) is 11.3 Å². The standard InChI is InChI=1S/C16H27N.C2H6/c1-7-9-11-16(12-10-8-2)15(6)17-14(5)13(3)4;1-2/h9-13H,7-8H2,1-6H3;1-2H3/b11-9-,12-10+,16-15?,17-14?;. The summed E-state index contributed by atoms with van der Waals surface area (Å²) in [6.07, 6.45) is 10.8. The van der Waals surface area contributed by atoms with Crippen molar-refractivity contribution in [3.63, 3.8) is 0 Å². The Morgan fingerprint density at radius 2 is 1.37 bits per heavy atom. The quantitative estimate of drug-likeness (QED) is 0.392. The van der Waals surface area contributed by atoms with E-state index in [2.05, 4.69) is 70.8 Å². The second-order valence-corrected chi connectivity index (χ2v) is 4.57. The van der Waals surface area contributed by atoms with Gasteiger partial charge in [-0.05, 0) is 38.2 Å². The number of nitrogens with zero attached hydrogens (tertiary/aromatic N) is 1. The fourth-order valence-electron chi connectivity index (χ4n) is 1.24. The van der Waals surface area contributed by atoms with Crippen LogP contribution in [0, 0.1) is 5.92 Å². The van der Waals surface area contributed by atoms with Crippen molar-refractivity contribution in [3.8, 4) is 0 Å². The van der Waals surface area contributed by atoms with E-state index in [1.807, 2.05) is 13.8 Å². The number of rotatable bonds is 6. The van der Waals surface area contributed by atoms with Crippen molar-refractivity contribution in [2.75, 3.05) is 0 Å². The van der Waals surface area contributed by atoms with Crippen LogP contribution in [0.4, 0.5) is 0 Å². The Morgan fingerprint density at radius 1 is 0.947 bits per heavy atom. The SMILES string of the molecule is CC.CC/C=C\C(/C=C/CC)=C(C)N=C(C)C(C)C. The van der Waals surface area contributed by atoms with Crippen LogP contribution in [0.5, 0.6) is 0 Å². The maximum Gasteiger partial charge on any atom is 0.0444 e. The Hall–Kier alpha value is -1.11. The average Bonchev–Trinajstić information content (AvgIpc) is 2.40. The molecular weight excluding hydrogens is 230 g/mol. The first-order chi connectivity index (χ1) is 9.02. The van der Waals surface area contributed by atoms with Gasteiger partial charge in [0, 0.05) is 11.4 Å². The lowest BCUT2D eigenvalue weighted by Gasteiger charge is -2.06. The molecule has 0 fully saturated rings. The van der Waals surface area contributed by atoms with Crippen LogP contribution >= 0.6 is 0 Å². The normalized spacial score (nSPS) is 13.8. The van der Waals surface area contributed by atoms with Crippen LogP contribution in [-0.2, 0) is 0 Å². The van der Waals surface area contributed by atoms with Crippen LogP contribution in [0.1, 0.15) is 68.2 Å². The maximum atomic E-state index is 4.68. The van der Waals surface area contributed by atoms with E-state index in [9.17, 15) is 0 Å². The summed E-state index contributed by atoms with van der Waals surface area (Å²) in [4.78, 5) is 4.68. The van der Waals surface area contributed by atoms with Gasteiger partial charge in [0.25, 0.3) is 0 Å². The zero-order valence-electron chi connectivity index (χ0n) is 14.2. The van der Waals surface area contributed by atoms with E-state index in [-0.39, 0.29) is 0 Å². The predicted molar refractivity (Wildman–Crippen MR) is 90.9 cm³/mol. The van der Waals surface area contributed by atoms with Gasteiger partial charge in [-0.15, -0.1) is 0 Å². The molecule has 1 nitrogen and oxygen atoms in total. The maximum absolute atomic E-state index is 4.68. The third-order valence-electron chi connectivity index (χ3n) is 2.66. The molecule has 1 heteroatoms. The molecule has 0 spiro atoms. The number of allylic oxidation sites excluding steroid dienone is 6. The Kier molecular flexibility index (Phi) is 14.2. The topological polar surface area (TPSA) is 12.4 Å². The Balaban J connectivity index is 0. The smallest absolute Gasteiger partial charge is 0.0444 e. The lowest BCUT2D eigenvalue weighted by molar-refractivity contribution is 0.874. The van der Waals surface area contributed by atoms with Gasteiger partial charge in [-0.2, -0.15) is 0 Å². The van der Waals surface area contributed by atoms with Crippen LogP contribution in [0.25, 0.3) is 0 Å². The number of hydrogen-bond acceptors (Lipinski definition) is 1. The molecule has 110 valence electrons. The highest BCUT2D eigenvalue weighted by Gasteiger charge is 1.99.